The van der Waals surface area contributed by atoms with Crippen LogP contribution in [0.5, 0.6) is 0 Å². The maximum Gasteiger partial charge on any atom is 0.253 e. The zero-order valence-electron chi connectivity index (χ0n) is 12.4. The highest BCUT2D eigenvalue weighted by molar-refractivity contribution is 7.92. The van der Waals surface area contributed by atoms with Gasteiger partial charge in [0.15, 0.2) is 9.84 Å². The molecular formula is C17H16ClNO3S. The topological polar surface area (TPSA) is 54.5 Å². The van der Waals surface area contributed by atoms with Gasteiger partial charge in [-0.05, 0) is 36.8 Å². The maximum atomic E-state index is 12.6. The molecule has 120 valence electrons. The fourth-order valence-corrected chi connectivity index (χ4v) is 4.68. The van der Waals surface area contributed by atoms with Crippen LogP contribution in [0.1, 0.15) is 16.8 Å². The van der Waals surface area contributed by atoms with Crippen LogP contribution in [0, 0.1) is 0 Å². The molecule has 6 heteroatoms. The van der Waals surface area contributed by atoms with E-state index >= 15 is 0 Å². The Morgan fingerprint density at radius 2 is 1.83 bits per heavy atom. The van der Waals surface area contributed by atoms with E-state index in [-0.39, 0.29) is 12.5 Å². The van der Waals surface area contributed by atoms with E-state index < -0.39 is 15.1 Å². The molecule has 1 aliphatic rings. The second-order valence-corrected chi connectivity index (χ2v) is 8.19. The third-order valence-electron chi connectivity index (χ3n) is 4.01. The Labute approximate surface area is 140 Å². The van der Waals surface area contributed by atoms with Gasteiger partial charge < -0.3 is 4.90 Å². The number of sulfone groups is 1. The van der Waals surface area contributed by atoms with Crippen molar-refractivity contribution in [3.05, 3.63) is 65.2 Å². The monoisotopic (exact) mass is 349 g/mol. The molecule has 0 radical (unpaired) electrons. The van der Waals surface area contributed by atoms with Crippen molar-refractivity contribution in [3.8, 4) is 0 Å². The first-order valence-corrected chi connectivity index (χ1v) is 9.25. The number of nitrogens with zero attached hydrogens (tertiary/aromatic N) is 1. The molecule has 1 fully saturated rings. The third-order valence-corrected chi connectivity index (χ3v) is 6.44. The summed E-state index contributed by atoms with van der Waals surface area (Å²) in [6, 6.07) is 15.1. The Kier molecular flexibility index (Phi) is 4.41. The van der Waals surface area contributed by atoms with Gasteiger partial charge in [-0.15, -0.1) is 0 Å². The minimum absolute atomic E-state index is 0.182. The Hall–Kier alpha value is -1.85. The van der Waals surface area contributed by atoms with Crippen LogP contribution >= 0.6 is 11.6 Å². The number of halogens is 1. The highest BCUT2D eigenvalue weighted by atomic mass is 35.5. The molecule has 0 N–H and O–H groups in total. The third kappa shape index (κ3) is 3.26. The summed E-state index contributed by atoms with van der Waals surface area (Å²) in [5.41, 5.74) is 0.482. The lowest BCUT2D eigenvalue weighted by Crippen LogP contribution is -2.31. The predicted octanol–water partition coefficient (Wildman–Crippen LogP) is 3.03. The molecule has 1 atom stereocenters. The van der Waals surface area contributed by atoms with Gasteiger partial charge in [0, 0.05) is 23.7 Å². The molecule has 0 bridgehead atoms. The number of carbonyl (C=O) groups excluding carboxylic acids is 1. The number of hydrogen-bond acceptors (Lipinski definition) is 3. The quantitative estimate of drug-likeness (QED) is 0.855. The molecule has 0 spiro atoms. The van der Waals surface area contributed by atoms with Crippen LogP contribution in [0.2, 0.25) is 5.02 Å². The van der Waals surface area contributed by atoms with Gasteiger partial charge in [-0.1, -0.05) is 35.9 Å². The molecule has 1 aliphatic heterocycles. The van der Waals surface area contributed by atoms with E-state index in [4.69, 9.17) is 11.6 Å². The smallest absolute Gasteiger partial charge is 0.253 e. The number of benzene rings is 2. The highest BCUT2D eigenvalue weighted by Gasteiger charge is 2.36. The molecule has 23 heavy (non-hydrogen) atoms. The summed E-state index contributed by atoms with van der Waals surface area (Å²) in [5.74, 6) is -0.182. The first kappa shape index (κ1) is 16.0. The van der Waals surface area contributed by atoms with Crippen molar-refractivity contribution < 1.29 is 13.2 Å². The Morgan fingerprint density at radius 3 is 2.52 bits per heavy atom. The lowest BCUT2D eigenvalue weighted by atomic mass is 10.2. The van der Waals surface area contributed by atoms with Crippen molar-refractivity contribution in [3.63, 3.8) is 0 Å². The van der Waals surface area contributed by atoms with E-state index in [1.807, 2.05) is 0 Å². The normalized spacial score (nSPS) is 18.1. The summed E-state index contributed by atoms with van der Waals surface area (Å²) in [4.78, 5) is 14.4. The van der Waals surface area contributed by atoms with Gasteiger partial charge in [-0.25, -0.2) is 8.42 Å². The van der Waals surface area contributed by atoms with E-state index in [0.29, 0.717) is 28.4 Å². The molecule has 4 nitrogen and oxygen atoms in total. The summed E-state index contributed by atoms with van der Waals surface area (Å²) in [7, 11) is -3.42. The van der Waals surface area contributed by atoms with E-state index in [1.165, 1.54) is 0 Å². The van der Waals surface area contributed by atoms with Crippen LogP contribution in [0.4, 0.5) is 0 Å². The maximum absolute atomic E-state index is 12.6. The average molecular weight is 350 g/mol. The van der Waals surface area contributed by atoms with Gasteiger partial charge in [0.05, 0.1) is 10.1 Å². The van der Waals surface area contributed by atoms with Crippen LogP contribution in [0.15, 0.2) is 59.5 Å². The van der Waals surface area contributed by atoms with Gasteiger partial charge in [0.1, 0.15) is 0 Å². The molecule has 1 saturated heterocycles. The van der Waals surface area contributed by atoms with Gasteiger partial charge in [0.25, 0.3) is 5.91 Å². The summed E-state index contributed by atoms with van der Waals surface area (Å²) in [6.07, 6.45) is 0.448. The SMILES string of the molecule is O=C(c1cccc(Cl)c1)N1CC[C@@H](S(=O)(=O)c2ccccc2)C1. The van der Waals surface area contributed by atoms with Crippen molar-refractivity contribution in [1.82, 2.24) is 4.90 Å². The van der Waals surface area contributed by atoms with Crippen LogP contribution in [-0.4, -0.2) is 37.6 Å². The van der Waals surface area contributed by atoms with E-state index in [1.54, 1.807) is 59.5 Å². The van der Waals surface area contributed by atoms with Crippen LogP contribution in [-0.2, 0) is 9.84 Å². The number of rotatable bonds is 3. The van der Waals surface area contributed by atoms with Gasteiger partial charge in [0.2, 0.25) is 0 Å². The van der Waals surface area contributed by atoms with Crippen molar-refractivity contribution in [2.45, 2.75) is 16.6 Å². The summed E-state index contributed by atoms with van der Waals surface area (Å²) >= 11 is 5.91. The van der Waals surface area contributed by atoms with E-state index in [9.17, 15) is 13.2 Å². The fraction of sp³-hybridized carbons (Fsp3) is 0.235. The van der Waals surface area contributed by atoms with Gasteiger partial charge >= 0.3 is 0 Å². The molecule has 1 heterocycles. The molecule has 0 saturated carbocycles. The summed E-state index contributed by atoms with van der Waals surface area (Å²) in [6.45, 7) is 0.644. The molecule has 2 aromatic rings. The Morgan fingerprint density at radius 1 is 1.09 bits per heavy atom. The second kappa shape index (κ2) is 6.34. The lowest BCUT2D eigenvalue weighted by Gasteiger charge is -2.17. The fourth-order valence-electron chi connectivity index (χ4n) is 2.77. The number of carbonyl (C=O) groups is 1. The van der Waals surface area contributed by atoms with Crippen molar-refractivity contribution in [2.75, 3.05) is 13.1 Å². The van der Waals surface area contributed by atoms with E-state index in [0.717, 1.165) is 0 Å². The van der Waals surface area contributed by atoms with Crippen molar-refractivity contribution >= 4 is 27.3 Å². The highest BCUT2D eigenvalue weighted by Crippen LogP contribution is 2.25. The minimum Gasteiger partial charge on any atom is -0.337 e. The predicted molar refractivity (Wildman–Crippen MR) is 89.4 cm³/mol. The Bertz CT molecular complexity index is 821. The van der Waals surface area contributed by atoms with Crippen LogP contribution < -0.4 is 0 Å². The largest absolute Gasteiger partial charge is 0.337 e. The van der Waals surface area contributed by atoms with Gasteiger partial charge in [-0.3, -0.25) is 4.79 Å². The van der Waals surface area contributed by atoms with Crippen molar-refractivity contribution in [1.29, 1.82) is 0 Å². The second-order valence-electron chi connectivity index (χ2n) is 5.53. The van der Waals surface area contributed by atoms with Crippen LogP contribution in [0.25, 0.3) is 0 Å². The molecule has 0 aromatic heterocycles. The minimum atomic E-state index is -3.42. The van der Waals surface area contributed by atoms with Gasteiger partial charge in [-0.2, -0.15) is 0 Å². The molecule has 2 aromatic carbocycles. The molecule has 0 unspecified atom stereocenters. The first-order chi connectivity index (χ1) is 11.0. The standard InChI is InChI=1S/C17H16ClNO3S/c18-14-6-4-5-13(11-14)17(20)19-10-9-16(12-19)23(21,22)15-7-2-1-3-8-15/h1-8,11,16H,9-10,12H2/t16-/m1/s1. The lowest BCUT2D eigenvalue weighted by molar-refractivity contribution is 0.0793. The van der Waals surface area contributed by atoms with Crippen molar-refractivity contribution in [2.24, 2.45) is 0 Å². The molecule has 3 rings (SSSR count). The number of hydrogen-bond donors (Lipinski definition) is 0. The zero-order chi connectivity index (χ0) is 16.4. The van der Waals surface area contributed by atoms with E-state index in [2.05, 4.69) is 0 Å². The molecule has 0 aliphatic carbocycles. The summed E-state index contributed by atoms with van der Waals surface area (Å²) in [5, 5.41) is -0.0726. The number of amides is 1. The Balaban J connectivity index is 1.77. The first-order valence-electron chi connectivity index (χ1n) is 7.32. The van der Waals surface area contributed by atoms with Crippen LogP contribution in [0.3, 0.4) is 0 Å². The molecule has 1 amide bonds. The summed E-state index contributed by atoms with van der Waals surface area (Å²) < 4.78 is 25.3. The zero-order valence-corrected chi connectivity index (χ0v) is 13.9. The average Bonchev–Trinajstić information content (AvgIpc) is 3.06. The number of likely N-dealkylation sites (tertiary alicyclic amines) is 1. The molecular weight excluding hydrogens is 334 g/mol.